The zero-order valence-electron chi connectivity index (χ0n) is 6.92. The molecule has 0 spiro atoms. The summed E-state index contributed by atoms with van der Waals surface area (Å²) in [5, 5.41) is 4.54. The smallest absolute Gasteiger partial charge is 0.145 e. The second-order valence-corrected chi connectivity index (χ2v) is 2.65. The van der Waals surface area contributed by atoms with E-state index in [0.717, 1.165) is 11.1 Å². The summed E-state index contributed by atoms with van der Waals surface area (Å²) < 4.78 is 0. The fraction of sp³-hybridized carbons (Fsp3) is 0.250. The van der Waals surface area contributed by atoms with Gasteiger partial charge in [0.25, 0.3) is 5.69 Å². The van der Waals surface area contributed by atoms with Crippen LogP contribution in [0.25, 0.3) is 0 Å². The maximum Gasteiger partial charge on any atom is 0.258 e. The molecular weight excluding hydrogens is 156 g/mol. The van der Waals surface area contributed by atoms with Crippen molar-refractivity contribution >= 4 is 11.4 Å². The van der Waals surface area contributed by atoms with Gasteiger partial charge in [-0.3, -0.25) is 0 Å². The van der Waals surface area contributed by atoms with Crippen molar-refractivity contribution in [1.82, 2.24) is 0 Å². The minimum absolute atomic E-state index is 0.305. The van der Waals surface area contributed by atoms with Gasteiger partial charge in [-0.2, -0.15) is 0 Å². The van der Waals surface area contributed by atoms with Crippen molar-refractivity contribution in [2.24, 2.45) is 5.18 Å². The molecule has 62 valence electrons. The molecule has 0 aliphatic rings. The van der Waals surface area contributed by atoms with E-state index >= 15 is 0 Å². The third-order valence-corrected chi connectivity index (χ3v) is 1.75. The topological polar surface area (TPSA) is 60.5 Å². The lowest BCUT2D eigenvalue weighted by molar-refractivity contribution is -0.380. The van der Waals surface area contributed by atoms with Gasteiger partial charge in [0.2, 0.25) is 0 Å². The molecule has 0 aliphatic heterocycles. The Morgan fingerprint density at radius 3 is 2.42 bits per heavy atom. The van der Waals surface area contributed by atoms with Gasteiger partial charge in [-0.05, 0) is 30.7 Å². The first kappa shape index (κ1) is 8.52. The molecule has 0 atom stereocenters. The van der Waals surface area contributed by atoms with Gasteiger partial charge < -0.3 is 0 Å². The number of nitroso groups, excluding NO2 is 2. The quantitative estimate of drug-likeness (QED) is 0.669. The number of hydrogen-bond acceptors (Lipinski definition) is 3. The molecule has 1 aromatic carbocycles. The average Bonchev–Trinajstić information content (AvgIpc) is 2.05. The van der Waals surface area contributed by atoms with Crippen molar-refractivity contribution in [3.63, 3.8) is 0 Å². The van der Waals surface area contributed by atoms with E-state index in [2.05, 4.69) is 5.18 Å². The van der Waals surface area contributed by atoms with Gasteiger partial charge in [-0.25, -0.2) is 0 Å². The summed E-state index contributed by atoms with van der Waals surface area (Å²) in [6, 6.07) is 3.20. The summed E-state index contributed by atoms with van der Waals surface area (Å²) in [4.78, 5) is 20.6. The molecule has 4 heteroatoms. The number of rotatable bonds is 2. The molecule has 1 N–H and O–H groups in total. The van der Waals surface area contributed by atoms with Crippen molar-refractivity contribution in [2.75, 3.05) is 0 Å². The number of hydrogen-bond donors (Lipinski definition) is 1. The fourth-order valence-electron chi connectivity index (χ4n) is 1.05. The lowest BCUT2D eigenvalue weighted by Crippen LogP contribution is -2.56. The van der Waals surface area contributed by atoms with E-state index in [1.165, 1.54) is 6.07 Å². The van der Waals surface area contributed by atoms with Crippen LogP contribution in [0.2, 0.25) is 0 Å². The number of aryl methyl sites for hydroxylation is 2. The van der Waals surface area contributed by atoms with Crippen LogP contribution in [0.4, 0.5) is 11.4 Å². The minimum Gasteiger partial charge on any atom is -0.145 e. The van der Waals surface area contributed by atoms with Gasteiger partial charge in [-0.1, -0.05) is 0 Å². The maximum absolute atomic E-state index is 10.3. The fourth-order valence-corrected chi connectivity index (χ4v) is 1.05. The van der Waals surface area contributed by atoms with Crippen molar-refractivity contribution in [2.45, 2.75) is 13.8 Å². The molecule has 0 bridgehead atoms. The highest BCUT2D eigenvalue weighted by atomic mass is 16.3. The third-order valence-electron chi connectivity index (χ3n) is 1.75. The SMILES string of the molecule is Cc1cc(C)c([NH+]=O)cc1N=O. The van der Waals surface area contributed by atoms with E-state index in [4.69, 9.17) is 0 Å². The zero-order chi connectivity index (χ0) is 9.14. The molecule has 0 radical (unpaired) electrons. The molecule has 0 aromatic heterocycles. The molecule has 0 amide bonds. The Bertz CT molecular complexity index is 305. The zero-order valence-corrected chi connectivity index (χ0v) is 6.92. The van der Waals surface area contributed by atoms with Crippen LogP contribution in [0.3, 0.4) is 0 Å². The highest BCUT2D eigenvalue weighted by Crippen LogP contribution is 2.23. The second kappa shape index (κ2) is 3.21. The van der Waals surface area contributed by atoms with Gasteiger partial charge in [0.05, 0.1) is 0 Å². The highest BCUT2D eigenvalue weighted by molar-refractivity contribution is 5.55. The molecule has 4 nitrogen and oxygen atoms in total. The lowest BCUT2D eigenvalue weighted by atomic mass is 10.1. The molecule has 0 saturated carbocycles. The van der Waals surface area contributed by atoms with E-state index < -0.39 is 0 Å². The van der Waals surface area contributed by atoms with Crippen molar-refractivity contribution in [3.8, 4) is 0 Å². The molecule has 12 heavy (non-hydrogen) atoms. The van der Waals surface area contributed by atoms with E-state index in [1.54, 1.807) is 25.1 Å². The van der Waals surface area contributed by atoms with E-state index in [9.17, 15) is 9.81 Å². The first-order chi connectivity index (χ1) is 5.69. The van der Waals surface area contributed by atoms with Crippen LogP contribution < -0.4 is 5.18 Å². The van der Waals surface area contributed by atoms with E-state index in [0.29, 0.717) is 11.4 Å². The molecule has 0 saturated heterocycles. The molecule has 1 aromatic rings. The molecule has 0 fully saturated rings. The molecule has 0 aliphatic carbocycles. The number of nitrogens with zero attached hydrogens (tertiary/aromatic N) is 1. The predicted molar refractivity (Wildman–Crippen MR) is 45.4 cm³/mol. The first-order valence-electron chi connectivity index (χ1n) is 3.52. The Labute approximate surface area is 69.6 Å². The minimum atomic E-state index is 0.305. The van der Waals surface area contributed by atoms with Gasteiger partial charge in [-0.15, -0.1) is 4.91 Å². The Morgan fingerprint density at radius 1 is 1.25 bits per heavy atom. The lowest BCUT2D eigenvalue weighted by Gasteiger charge is -1.96. The highest BCUT2D eigenvalue weighted by Gasteiger charge is 2.08. The summed E-state index contributed by atoms with van der Waals surface area (Å²) in [7, 11) is 0. The van der Waals surface area contributed by atoms with Crippen LogP contribution in [0.1, 0.15) is 11.1 Å². The van der Waals surface area contributed by atoms with Gasteiger partial charge >= 0.3 is 0 Å². The average molecular weight is 165 g/mol. The second-order valence-electron chi connectivity index (χ2n) is 2.65. The van der Waals surface area contributed by atoms with Crippen molar-refractivity contribution in [3.05, 3.63) is 33.1 Å². The Kier molecular flexibility index (Phi) is 2.28. The predicted octanol–water partition coefficient (Wildman–Crippen LogP) is 1.18. The first-order valence-corrected chi connectivity index (χ1v) is 3.52. The summed E-state index contributed by atoms with van der Waals surface area (Å²) in [5.41, 5.74) is 2.30. The summed E-state index contributed by atoms with van der Waals surface area (Å²) in [5.74, 6) is 0. The van der Waals surface area contributed by atoms with E-state index in [1.807, 2.05) is 0 Å². The Hall–Kier alpha value is -1.58. The Balaban J connectivity index is 3.36. The van der Waals surface area contributed by atoms with Crippen LogP contribution in [0.15, 0.2) is 17.3 Å². The van der Waals surface area contributed by atoms with Gasteiger partial charge in [0.1, 0.15) is 5.69 Å². The number of benzene rings is 1. The van der Waals surface area contributed by atoms with Crippen LogP contribution >= 0.6 is 0 Å². The monoisotopic (exact) mass is 165 g/mol. The summed E-state index contributed by atoms with van der Waals surface area (Å²) in [6.07, 6.45) is 0. The summed E-state index contributed by atoms with van der Waals surface area (Å²) in [6.45, 7) is 3.57. The van der Waals surface area contributed by atoms with Crippen LogP contribution in [0.5, 0.6) is 0 Å². The van der Waals surface area contributed by atoms with Crippen LogP contribution in [-0.4, -0.2) is 0 Å². The third kappa shape index (κ3) is 1.37. The van der Waals surface area contributed by atoms with Crippen LogP contribution in [-0.2, 0) is 0 Å². The Morgan fingerprint density at radius 2 is 1.92 bits per heavy atom. The van der Waals surface area contributed by atoms with Gasteiger partial charge in [0.15, 0.2) is 0 Å². The standard InChI is InChI=1S/C8H8N2O2/c1-5-3-6(2)8(10-12)4-7(5)9-11/h3-4H,1-2H3/p+1. The van der Waals surface area contributed by atoms with Gasteiger partial charge in [0, 0.05) is 21.7 Å². The van der Waals surface area contributed by atoms with E-state index in [-0.39, 0.29) is 0 Å². The molecule has 0 unspecified atom stereocenters. The van der Waals surface area contributed by atoms with Crippen LogP contribution in [0, 0.1) is 23.7 Å². The summed E-state index contributed by atoms with van der Waals surface area (Å²) >= 11 is 0. The van der Waals surface area contributed by atoms with Crippen molar-refractivity contribution in [1.29, 1.82) is 0 Å². The molecule has 0 heterocycles. The van der Waals surface area contributed by atoms with Crippen molar-refractivity contribution < 1.29 is 5.18 Å². The molecule has 1 rings (SSSR count). The molecular formula is C8H9N2O2+. The largest absolute Gasteiger partial charge is 0.258 e. The normalized spacial score (nSPS) is 9.50. The maximum atomic E-state index is 10.3. The number of nitrogens with one attached hydrogen (secondary N) is 1.